The second-order valence-electron chi connectivity index (χ2n) is 3.83. The Morgan fingerprint density at radius 3 is 2.31 bits per heavy atom. The fourth-order valence-corrected chi connectivity index (χ4v) is 2.25. The highest BCUT2D eigenvalue weighted by Crippen LogP contribution is 2.44. The molecule has 0 radical (unpaired) electrons. The first kappa shape index (κ1) is 8.69. The van der Waals surface area contributed by atoms with Gasteiger partial charge in [-0.15, -0.1) is 0 Å². The lowest BCUT2D eigenvalue weighted by Gasteiger charge is -2.30. The summed E-state index contributed by atoms with van der Waals surface area (Å²) in [5, 5.41) is 9.55. The largest absolute Gasteiger partial charge is 0.391 e. The Morgan fingerprint density at radius 2 is 1.85 bits per heavy atom. The maximum Gasteiger partial charge on any atom is 0.343 e. The molecular weight excluding hydrogens is 172 g/mol. The highest BCUT2D eigenvalue weighted by molar-refractivity contribution is 6.00. The van der Waals surface area contributed by atoms with Gasteiger partial charge in [-0.3, -0.25) is 4.79 Å². The molecule has 1 N–H and O–H groups in total. The summed E-state index contributed by atoms with van der Waals surface area (Å²) in [6.07, 6.45) is 2.78. The van der Waals surface area contributed by atoms with Gasteiger partial charge in [-0.05, 0) is 12.8 Å². The summed E-state index contributed by atoms with van der Waals surface area (Å²) in [5.74, 6) is -1.29. The minimum atomic E-state index is -1.22. The van der Waals surface area contributed by atoms with Crippen molar-refractivity contribution in [3.8, 4) is 0 Å². The molecule has 0 aromatic rings. The third-order valence-electron chi connectivity index (χ3n) is 3.09. The number of carbonyl (C=O) groups excluding carboxylic acids is 2. The highest BCUT2D eigenvalue weighted by atomic mass is 16.6. The van der Waals surface area contributed by atoms with Gasteiger partial charge in [0.15, 0.2) is 6.10 Å². The van der Waals surface area contributed by atoms with Gasteiger partial charge in [-0.1, -0.05) is 19.3 Å². The minimum Gasteiger partial charge on any atom is -0.391 e. The standard InChI is InChI=1S/C9H12O4/c10-6-7(11)13-8(12)9(6)4-2-1-3-5-9/h6,10H,1-5H2. The fourth-order valence-electron chi connectivity index (χ4n) is 2.25. The van der Waals surface area contributed by atoms with Crippen molar-refractivity contribution in [3.63, 3.8) is 0 Å². The molecule has 1 atom stereocenters. The van der Waals surface area contributed by atoms with E-state index in [9.17, 15) is 14.7 Å². The van der Waals surface area contributed by atoms with E-state index in [1.54, 1.807) is 0 Å². The van der Waals surface area contributed by atoms with Crippen LogP contribution in [-0.2, 0) is 14.3 Å². The van der Waals surface area contributed by atoms with Crippen molar-refractivity contribution in [1.29, 1.82) is 0 Å². The number of esters is 2. The smallest absolute Gasteiger partial charge is 0.343 e. The molecule has 13 heavy (non-hydrogen) atoms. The van der Waals surface area contributed by atoms with E-state index in [0.717, 1.165) is 19.3 Å². The monoisotopic (exact) mass is 184 g/mol. The Labute approximate surface area is 75.9 Å². The molecule has 1 aliphatic carbocycles. The molecule has 1 heterocycles. The maximum atomic E-state index is 11.4. The molecule has 0 amide bonds. The molecular formula is C9H12O4. The lowest BCUT2D eigenvalue weighted by Crippen LogP contribution is -2.39. The Morgan fingerprint density at radius 1 is 1.23 bits per heavy atom. The van der Waals surface area contributed by atoms with Crippen molar-refractivity contribution in [2.24, 2.45) is 5.41 Å². The summed E-state index contributed by atoms with van der Waals surface area (Å²) in [6.45, 7) is 0. The first-order chi connectivity index (χ1) is 6.17. The number of hydrogen-bond donors (Lipinski definition) is 1. The summed E-state index contributed by atoms with van der Waals surface area (Å²) in [4.78, 5) is 22.3. The predicted molar refractivity (Wildman–Crippen MR) is 42.6 cm³/mol. The van der Waals surface area contributed by atoms with E-state index in [4.69, 9.17) is 0 Å². The zero-order valence-electron chi connectivity index (χ0n) is 7.28. The third kappa shape index (κ3) is 1.09. The predicted octanol–water partition coefficient (Wildman–Crippen LogP) is 0.381. The Balaban J connectivity index is 2.28. The van der Waals surface area contributed by atoms with Crippen molar-refractivity contribution in [1.82, 2.24) is 0 Å². The molecule has 4 heteroatoms. The van der Waals surface area contributed by atoms with Crippen molar-refractivity contribution >= 4 is 11.9 Å². The van der Waals surface area contributed by atoms with Crippen LogP contribution >= 0.6 is 0 Å². The number of aliphatic hydroxyl groups excluding tert-OH is 1. The summed E-state index contributed by atoms with van der Waals surface area (Å²) in [7, 11) is 0. The van der Waals surface area contributed by atoms with Crippen LogP contribution < -0.4 is 0 Å². The van der Waals surface area contributed by atoms with Gasteiger partial charge in [-0.25, -0.2) is 4.79 Å². The number of carbonyl (C=O) groups is 2. The van der Waals surface area contributed by atoms with E-state index in [0.29, 0.717) is 12.8 Å². The molecule has 1 saturated heterocycles. The normalized spacial score (nSPS) is 32.2. The van der Waals surface area contributed by atoms with Crippen LogP contribution in [0.3, 0.4) is 0 Å². The first-order valence-corrected chi connectivity index (χ1v) is 4.61. The summed E-state index contributed by atoms with van der Waals surface area (Å²) in [6, 6.07) is 0. The second kappa shape index (κ2) is 2.80. The van der Waals surface area contributed by atoms with Gasteiger partial charge in [0.1, 0.15) is 5.41 Å². The maximum absolute atomic E-state index is 11.4. The van der Waals surface area contributed by atoms with Crippen LogP contribution in [0, 0.1) is 5.41 Å². The molecule has 0 aromatic heterocycles. The second-order valence-corrected chi connectivity index (χ2v) is 3.83. The number of cyclic esters (lactones) is 2. The molecule has 4 nitrogen and oxygen atoms in total. The molecule has 1 saturated carbocycles. The third-order valence-corrected chi connectivity index (χ3v) is 3.09. The minimum absolute atomic E-state index is 0.523. The van der Waals surface area contributed by atoms with Crippen LogP contribution in [0.25, 0.3) is 0 Å². The van der Waals surface area contributed by atoms with Crippen molar-refractivity contribution in [3.05, 3.63) is 0 Å². The van der Waals surface area contributed by atoms with Gasteiger partial charge in [0.2, 0.25) is 0 Å². The molecule has 2 rings (SSSR count). The van der Waals surface area contributed by atoms with Gasteiger partial charge < -0.3 is 9.84 Å². The Kier molecular flexibility index (Phi) is 1.87. The Hall–Kier alpha value is -0.900. The SMILES string of the molecule is O=C1OC(=O)C2(CCCCC2)C1O. The molecule has 1 aliphatic heterocycles. The van der Waals surface area contributed by atoms with Crippen LogP contribution in [0.15, 0.2) is 0 Å². The fraction of sp³-hybridized carbons (Fsp3) is 0.778. The number of hydrogen-bond acceptors (Lipinski definition) is 4. The molecule has 0 aromatic carbocycles. The zero-order chi connectivity index (χ0) is 9.47. The first-order valence-electron chi connectivity index (χ1n) is 4.61. The number of rotatable bonds is 0. The van der Waals surface area contributed by atoms with Gasteiger partial charge in [-0.2, -0.15) is 0 Å². The van der Waals surface area contributed by atoms with Crippen LogP contribution in [0.5, 0.6) is 0 Å². The van der Waals surface area contributed by atoms with E-state index < -0.39 is 23.5 Å². The van der Waals surface area contributed by atoms with Crippen LogP contribution in [0.4, 0.5) is 0 Å². The average molecular weight is 184 g/mol. The van der Waals surface area contributed by atoms with Gasteiger partial charge >= 0.3 is 11.9 Å². The van der Waals surface area contributed by atoms with Crippen molar-refractivity contribution < 1.29 is 19.4 Å². The molecule has 1 unspecified atom stereocenters. The van der Waals surface area contributed by atoms with Crippen LogP contribution in [-0.4, -0.2) is 23.1 Å². The molecule has 1 spiro atoms. The molecule has 2 fully saturated rings. The van der Waals surface area contributed by atoms with Gasteiger partial charge in [0.05, 0.1) is 0 Å². The molecule has 0 bridgehead atoms. The molecule has 2 aliphatic rings. The highest BCUT2D eigenvalue weighted by Gasteiger charge is 2.57. The lowest BCUT2D eigenvalue weighted by atomic mass is 9.71. The van der Waals surface area contributed by atoms with E-state index in [1.807, 2.05) is 0 Å². The van der Waals surface area contributed by atoms with Crippen molar-refractivity contribution in [2.45, 2.75) is 38.2 Å². The molecule has 72 valence electrons. The number of ether oxygens (including phenoxy) is 1. The zero-order valence-corrected chi connectivity index (χ0v) is 7.28. The quantitative estimate of drug-likeness (QED) is 0.436. The summed E-state index contributed by atoms with van der Waals surface area (Å²) < 4.78 is 4.44. The Bertz CT molecular complexity index is 252. The van der Waals surface area contributed by atoms with Crippen molar-refractivity contribution in [2.75, 3.05) is 0 Å². The van der Waals surface area contributed by atoms with Crippen LogP contribution in [0.1, 0.15) is 32.1 Å². The van der Waals surface area contributed by atoms with Gasteiger partial charge in [0.25, 0.3) is 0 Å². The summed E-state index contributed by atoms with van der Waals surface area (Å²) >= 11 is 0. The average Bonchev–Trinajstić information content (AvgIpc) is 2.34. The van der Waals surface area contributed by atoms with E-state index in [-0.39, 0.29) is 0 Å². The van der Waals surface area contributed by atoms with E-state index >= 15 is 0 Å². The van der Waals surface area contributed by atoms with E-state index in [1.165, 1.54) is 0 Å². The van der Waals surface area contributed by atoms with Gasteiger partial charge in [0, 0.05) is 0 Å². The summed E-state index contributed by atoms with van der Waals surface area (Å²) in [5.41, 5.74) is -0.894. The number of aliphatic hydroxyl groups is 1. The van der Waals surface area contributed by atoms with Crippen LogP contribution in [0.2, 0.25) is 0 Å². The van der Waals surface area contributed by atoms with E-state index in [2.05, 4.69) is 4.74 Å². The topological polar surface area (TPSA) is 63.6 Å². The lowest BCUT2D eigenvalue weighted by molar-refractivity contribution is -0.156.